The van der Waals surface area contributed by atoms with Gasteiger partial charge in [0.2, 0.25) is 10.0 Å². The maximum atomic E-state index is 12.7. The quantitative estimate of drug-likeness (QED) is 0.800. The van der Waals surface area contributed by atoms with Crippen LogP contribution in [0.3, 0.4) is 0 Å². The second-order valence-corrected chi connectivity index (χ2v) is 8.97. The molecule has 0 amide bonds. The van der Waals surface area contributed by atoms with Gasteiger partial charge in [0.05, 0.1) is 11.5 Å². The minimum atomic E-state index is -3.79. The summed E-state index contributed by atoms with van der Waals surface area (Å²) in [7, 11) is -6.94. The van der Waals surface area contributed by atoms with Gasteiger partial charge >= 0.3 is 0 Å². The number of hydrogen-bond donors (Lipinski definition) is 0. The molecular formula is C11H18N2O5S2. The van der Waals surface area contributed by atoms with Crippen LogP contribution in [0, 0.1) is 13.8 Å². The molecule has 0 saturated carbocycles. The molecule has 1 aliphatic rings. The molecule has 114 valence electrons. The van der Waals surface area contributed by atoms with E-state index in [2.05, 4.69) is 5.16 Å². The van der Waals surface area contributed by atoms with Crippen molar-refractivity contribution in [2.75, 3.05) is 18.1 Å². The van der Waals surface area contributed by atoms with Crippen LogP contribution in [-0.2, 0) is 19.9 Å². The minimum Gasteiger partial charge on any atom is -0.360 e. The first-order valence-corrected chi connectivity index (χ1v) is 9.60. The Balaban J connectivity index is 2.42. The molecular weight excluding hydrogens is 304 g/mol. The summed E-state index contributed by atoms with van der Waals surface area (Å²) in [5.41, 5.74) is 0.293. The molecule has 1 aromatic heterocycles. The number of aromatic nitrogens is 1. The third-order valence-corrected chi connectivity index (χ3v) is 7.48. The molecule has 0 N–H and O–H groups in total. The highest BCUT2D eigenvalue weighted by molar-refractivity contribution is 7.92. The van der Waals surface area contributed by atoms with Gasteiger partial charge in [-0.2, -0.15) is 4.31 Å². The van der Waals surface area contributed by atoms with Crippen molar-refractivity contribution in [1.29, 1.82) is 0 Å². The molecule has 1 fully saturated rings. The molecule has 0 aliphatic carbocycles. The van der Waals surface area contributed by atoms with Crippen molar-refractivity contribution in [3.63, 3.8) is 0 Å². The maximum absolute atomic E-state index is 12.7. The highest BCUT2D eigenvalue weighted by Crippen LogP contribution is 2.28. The van der Waals surface area contributed by atoms with Crippen LogP contribution in [0.15, 0.2) is 9.42 Å². The number of aryl methyl sites for hydroxylation is 2. The Morgan fingerprint density at radius 1 is 1.40 bits per heavy atom. The smallest absolute Gasteiger partial charge is 0.248 e. The van der Waals surface area contributed by atoms with Gasteiger partial charge in [-0.1, -0.05) is 12.1 Å². The fourth-order valence-electron chi connectivity index (χ4n) is 2.59. The second-order valence-electron chi connectivity index (χ2n) is 4.92. The lowest BCUT2D eigenvalue weighted by Gasteiger charge is -2.25. The third kappa shape index (κ3) is 2.61. The molecule has 1 saturated heterocycles. The predicted octanol–water partition coefficient (Wildman–Crippen LogP) is 0.489. The lowest BCUT2D eigenvalue weighted by atomic mass is 10.3. The molecule has 7 nitrogen and oxygen atoms in total. The molecule has 2 rings (SSSR count). The average Bonchev–Trinajstić information content (AvgIpc) is 2.83. The van der Waals surface area contributed by atoms with Gasteiger partial charge in [0.1, 0.15) is 10.6 Å². The van der Waals surface area contributed by atoms with Gasteiger partial charge in [0, 0.05) is 12.6 Å². The van der Waals surface area contributed by atoms with Crippen LogP contribution in [0.1, 0.15) is 24.8 Å². The van der Waals surface area contributed by atoms with Crippen molar-refractivity contribution >= 4 is 19.9 Å². The van der Waals surface area contributed by atoms with E-state index >= 15 is 0 Å². The number of hydrogen-bond acceptors (Lipinski definition) is 6. The molecule has 1 aromatic rings. The molecule has 0 radical (unpaired) electrons. The molecule has 0 spiro atoms. The highest BCUT2D eigenvalue weighted by atomic mass is 32.2. The Hall–Kier alpha value is -0.930. The summed E-state index contributed by atoms with van der Waals surface area (Å²) in [5.74, 6) is 0.135. The molecule has 1 unspecified atom stereocenters. The largest absolute Gasteiger partial charge is 0.360 e. The Labute approximate surface area is 118 Å². The molecule has 9 heteroatoms. The molecule has 2 heterocycles. The molecule has 20 heavy (non-hydrogen) atoms. The van der Waals surface area contributed by atoms with E-state index in [1.54, 1.807) is 13.8 Å². The molecule has 1 atom stereocenters. The van der Waals surface area contributed by atoms with Crippen LogP contribution in [0.5, 0.6) is 0 Å². The van der Waals surface area contributed by atoms with Crippen LogP contribution in [0.25, 0.3) is 0 Å². The van der Waals surface area contributed by atoms with Crippen LogP contribution < -0.4 is 0 Å². The number of sulfonamides is 1. The molecule has 0 bridgehead atoms. The van der Waals surface area contributed by atoms with Crippen LogP contribution >= 0.6 is 0 Å². The van der Waals surface area contributed by atoms with E-state index in [-0.39, 0.29) is 28.7 Å². The lowest BCUT2D eigenvalue weighted by Crippen LogP contribution is -2.41. The van der Waals surface area contributed by atoms with Crippen molar-refractivity contribution < 1.29 is 21.4 Å². The fraction of sp³-hybridized carbons (Fsp3) is 0.727. The summed E-state index contributed by atoms with van der Waals surface area (Å²) in [5, 5.41) is 3.66. The van der Waals surface area contributed by atoms with Crippen molar-refractivity contribution in [3.8, 4) is 0 Å². The van der Waals surface area contributed by atoms with Gasteiger partial charge in [0.15, 0.2) is 15.6 Å². The van der Waals surface area contributed by atoms with Crippen LogP contribution in [0.2, 0.25) is 0 Å². The Morgan fingerprint density at radius 2 is 2.05 bits per heavy atom. The van der Waals surface area contributed by atoms with Gasteiger partial charge in [-0.05, 0) is 20.3 Å². The normalized spacial score (nSPS) is 22.5. The van der Waals surface area contributed by atoms with Gasteiger partial charge in [-0.25, -0.2) is 16.8 Å². The van der Waals surface area contributed by atoms with E-state index in [1.807, 2.05) is 0 Å². The van der Waals surface area contributed by atoms with Crippen LogP contribution in [-0.4, -0.2) is 50.4 Å². The SMILES string of the molecule is CCN(C1CCS(=O)(=O)C1)S(=O)(=O)c1c(C)noc1C. The number of sulfone groups is 1. The standard InChI is InChI=1S/C11H18N2O5S2/c1-4-13(10-5-6-19(14,15)7-10)20(16,17)11-8(2)12-18-9(11)3/h10H,4-7H2,1-3H3. The highest BCUT2D eigenvalue weighted by Gasteiger charge is 2.40. The average molecular weight is 322 g/mol. The van der Waals surface area contributed by atoms with Gasteiger partial charge in [-0.15, -0.1) is 0 Å². The monoisotopic (exact) mass is 322 g/mol. The van der Waals surface area contributed by atoms with E-state index in [4.69, 9.17) is 4.52 Å². The zero-order chi connectivity index (χ0) is 15.1. The Morgan fingerprint density at radius 3 is 2.45 bits per heavy atom. The summed E-state index contributed by atoms with van der Waals surface area (Å²) in [4.78, 5) is 0.0450. The summed E-state index contributed by atoms with van der Waals surface area (Å²) >= 11 is 0. The summed E-state index contributed by atoms with van der Waals surface area (Å²) in [6.07, 6.45) is 0.332. The maximum Gasteiger partial charge on any atom is 0.248 e. The van der Waals surface area contributed by atoms with E-state index in [1.165, 1.54) is 11.2 Å². The minimum absolute atomic E-state index is 0.0330. The van der Waals surface area contributed by atoms with Gasteiger partial charge in [-0.3, -0.25) is 0 Å². The third-order valence-electron chi connectivity index (χ3n) is 3.46. The van der Waals surface area contributed by atoms with E-state index < -0.39 is 25.9 Å². The van der Waals surface area contributed by atoms with E-state index in [9.17, 15) is 16.8 Å². The first-order chi connectivity index (χ1) is 9.19. The Kier molecular flexibility index (Phi) is 3.96. The van der Waals surface area contributed by atoms with Crippen LogP contribution in [0.4, 0.5) is 0 Å². The first kappa shape index (κ1) is 15.5. The Bertz CT molecular complexity index is 686. The fourth-order valence-corrected chi connectivity index (χ4v) is 6.37. The zero-order valence-corrected chi connectivity index (χ0v) is 13.3. The summed E-state index contributed by atoms with van der Waals surface area (Å²) in [6.45, 7) is 5.00. The second kappa shape index (κ2) is 5.12. The van der Waals surface area contributed by atoms with Crippen molar-refractivity contribution in [3.05, 3.63) is 11.5 Å². The van der Waals surface area contributed by atoms with E-state index in [0.717, 1.165) is 0 Å². The first-order valence-electron chi connectivity index (χ1n) is 6.34. The predicted molar refractivity (Wildman–Crippen MR) is 72.6 cm³/mol. The lowest BCUT2D eigenvalue weighted by molar-refractivity contribution is 0.352. The van der Waals surface area contributed by atoms with Gasteiger partial charge < -0.3 is 4.52 Å². The van der Waals surface area contributed by atoms with Crippen molar-refractivity contribution in [1.82, 2.24) is 9.46 Å². The number of nitrogens with zero attached hydrogens (tertiary/aromatic N) is 2. The molecule has 0 aromatic carbocycles. The topological polar surface area (TPSA) is 97.6 Å². The van der Waals surface area contributed by atoms with Crippen molar-refractivity contribution in [2.24, 2.45) is 0 Å². The summed E-state index contributed by atoms with van der Waals surface area (Å²) < 4.78 is 54.6. The summed E-state index contributed by atoms with van der Waals surface area (Å²) in [6, 6.07) is -0.510. The number of rotatable bonds is 4. The van der Waals surface area contributed by atoms with Crippen molar-refractivity contribution in [2.45, 2.75) is 38.1 Å². The van der Waals surface area contributed by atoms with E-state index in [0.29, 0.717) is 12.1 Å². The molecule has 1 aliphatic heterocycles. The van der Waals surface area contributed by atoms with Gasteiger partial charge in [0.25, 0.3) is 0 Å². The zero-order valence-electron chi connectivity index (χ0n) is 11.7.